The molecule has 3 heteroatoms. The van der Waals surface area contributed by atoms with E-state index in [9.17, 15) is 4.79 Å². The minimum absolute atomic E-state index is 0.167. The third kappa shape index (κ3) is 4.48. The van der Waals surface area contributed by atoms with Crippen molar-refractivity contribution >= 4 is 11.7 Å². The molecule has 0 spiro atoms. The number of benzene rings is 1. The van der Waals surface area contributed by atoms with E-state index in [0.717, 1.165) is 37.8 Å². The quantitative estimate of drug-likeness (QED) is 0.537. The number of carbonyl (C=O) groups is 1. The zero-order chi connectivity index (χ0) is 14.4. The van der Waals surface area contributed by atoms with Crippen LogP contribution in [0.4, 0.5) is 0 Å². The minimum atomic E-state index is -0.276. The van der Waals surface area contributed by atoms with Gasteiger partial charge in [0, 0.05) is 0 Å². The van der Waals surface area contributed by atoms with Crippen LogP contribution in [0.3, 0.4) is 0 Å². The normalized spacial score (nSPS) is 16.7. The maximum Gasteiger partial charge on any atom is 0.336 e. The Balaban J connectivity index is 1.63. The van der Waals surface area contributed by atoms with Gasteiger partial charge in [-0.15, -0.1) is 0 Å². The number of nitrogens with zero attached hydrogens (tertiary/aromatic N) is 1. The largest absolute Gasteiger partial charge is 0.464 e. The van der Waals surface area contributed by atoms with Gasteiger partial charge < -0.3 is 4.74 Å². The fourth-order valence-electron chi connectivity index (χ4n) is 2.15. The lowest BCUT2D eigenvalue weighted by atomic mass is 10.1. The summed E-state index contributed by atoms with van der Waals surface area (Å²) < 4.78 is 5.21. The van der Waals surface area contributed by atoms with E-state index in [0.29, 0.717) is 6.61 Å². The molecule has 0 saturated carbocycles. The van der Waals surface area contributed by atoms with Crippen molar-refractivity contribution in [3.8, 4) is 0 Å². The number of aliphatic imine (C=N–C) groups is 1. The maximum absolute atomic E-state index is 11.7. The molecular formula is C17H23NO2. The molecule has 1 heterocycles. The number of ether oxygens (including phenoxy) is 1. The van der Waals surface area contributed by atoms with Crippen molar-refractivity contribution in [1.29, 1.82) is 0 Å². The Morgan fingerprint density at radius 3 is 2.65 bits per heavy atom. The molecule has 0 bridgehead atoms. The molecule has 1 aromatic rings. The molecule has 1 unspecified atom stereocenters. The standard InChI is InChI=1S/C17H23NO2/c1-3-4-5-12-20-17(19)16-15(18-16)11-10-14-8-6-13(2)7-9-14/h6-9,16H,3-5,10-12H2,1-2H3. The Kier molecular flexibility index (Phi) is 5.33. The molecule has 20 heavy (non-hydrogen) atoms. The fourth-order valence-corrected chi connectivity index (χ4v) is 2.15. The highest BCUT2D eigenvalue weighted by Crippen LogP contribution is 2.19. The van der Waals surface area contributed by atoms with Crippen molar-refractivity contribution in [1.82, 2.24) is 0 Å². The Bertz CT molecular complexity index is 476. The molecule has 1 atom stereocenters. The highest BCUT2D eigenvalue weighted by Gasteiger charge is 2.35. The summed E-state index contributed by atoms with van der Waals surface area (Å²) in [6, 6.07) is 8.22. The van der Waals surface area contributed by atoms with Gasteiger partial charge in [-0.3, -0.25) is 4.99 Å². The van der Waals surface area contributed by atoms with Gasteiger partial charge in [-0.05, 0) is 31.7 Å². The van der Waals surface area contributed by atoms with Crippen LogP contribution in [0.5, 0.6) is 0 Å². The predicted octanol–water partition coefficient (Wildman–Crippen LogP) is 3.48. The zero-order valence-electron chi connectivity index (χ0n) is 12.4. The molecule has 0 amide bonds. The van der Waals surface area contributed by atoms with Crippen LogP contribution in [-0.4, -0.2) is 24.3 Å². The van der Waals surface area contributed by atoms with Crippen molar-refractivity contribution in [2.45, 2.75) is 52.0 Å². The fraction of sp³-hybridized carbons (Fsp3) is 0.529. The summed E-state index contributed by atoms with van der Waals surface area (Å²) in [5, 5.41) is 0. The molecule has 3 nitrogen and oxygen atoms in total. The molecule has 2 rings (SSSR count). The number of unbranched alkanes of at least 4 members (excludes halogenated alkanes) is 2. The summed E-state index contributed by atoms with van der Waals surface area (Å²) in [6.07, 6.45) is 5.00. The number of hydrogen-bond donors (Lipinski definition) is 0. The van der Waals surface area contributed by atoms with E-state index >= 15 is 0 Å². The lowest BCUT2D eigenvalue weighted by Gasteiger charge is -2.03. The van der Waals surface area contributed by atoms with Crippen molar-refractivity contribution in [3.63, 3.8) is 0 Å². The first-order chi connectivity index (χ1) is 9.70. The van der Waals surface area contributed by atoms with Crippen molar-refractivity contribution < 1.29 is 9.53 Å². The summed E-state index contributed by atoms with van der Waals surface area (Å²) in [7, 11) is 0. The van der Waals surface area contributed by atoms with Gasteiger partial charge in [0.25, 0.3) is 0 Å². The summed E-state index contributed by atoms with van der Waals surface area (Å²) in [5.74, 6) is -0.167. The third-order valence-corrected chi connectivity index (χ3v) is 3.55. The summed E-state index contributed by atoms with van der Waals surface area (Å²) in [6.45, 7) is 4.75. The van der Waals surface area contributed by atoms with Crippen LogP contribution in [0.2, 0.25) is 0 Å². The lowest BCUT2D eigenvalue weighted by molar-refractivity contribution is -0.142. The van der Waals surface area contributed by atoms with Crippen LogP contribution in [0.1, 0.15) is 43.7 Å². The number of carbonyl (C=O) groups excluding carboxylic acids is 1. The highest BCUT2D eigenvalue weighted by molar-refractivity contribution is 6.16. The van der Waals surface area contributed by atoms with E-state index in [-0.39, 0.29) is 12.0 Å². The number of esters is 1. The SMILES string of the molecule is CCCCCOC(=O)C1N=C1CCc1ccc(C)cc1. The van der Waals surface area contributed by atoms with Gasteiger partial charge in [-0.2, -0.15) is 0 Å². The smallest absolute Gasteiger partial charge is 0.336 e. The van der Waals surface area contributed by atoms with Crippen LogP contribution in [0.25, 0.3) is 0 Å². The molecule has 1 aliphatic heterocycles. The van der Waals surface area contributed by atoms with Crippen LogP contribution in [0.15, 0.2) is 29.3 Å². The van der Waals surface area contributed by atoms with Gasteiger partial charge >= 0.3 is 5.97 Å². The summed E-state index contributed by atoms with van der Waals surface area (Å²) >= 11 is 0. The van der Waals surface area contributed by atoms with E-state index in [4.69, 9.17) is 4.74 Å². The summed E-state index contributed by atoms with van der Waals surface area (Å²) in [5.41, 5.74) is 3.55. The maximum atomic E-state index is 11.7. The third-order valence-electron chi connectivity index (χ3n) is 3.55. The van der Waals surface area contributed by atoms with Gasteiger partial charge in [0.05, 0.1) is 12.3 Å². The van der Waals surface area contributed by atoms with E-state index in [1.165, 1.54) is 11.1 Å². The van der Waals surface area contributed by atoms with Crippen LogP contribution in [-0.2, 0) is 16.0 Å². The van der Waals surface area contributed by atoms with Gasteiger partial charge in [0.15, 0.2) is 6.04 Å². The van der Waals surface area contributed by atoms with Gasteiger partial charge in [0.1, 0.15) is 0 Å². The second-order valence-corrected chi connectivity index (χ2v) is 5.38. The summed E-state index contributed by atoms with van der Waals surface area (Å²) in [4.78, 5) is 15.9. The first kappa shape index (κ1) is 14.8. The Labute approximate surface area is 121 Å². The molecule has 1 aliphatic rings. The zero-order valence-corrected chi connectivity index (χ0v) is 12.4. The lowest BCUT2D eigenvalue weighted by Crippen LogP contribution is -2.17. The molecule has 0 N–H and O–H groups in total. The van der Waals surface area contributed by atoms with Gasteiger partial charge in [-0.25, -0.2) is 4.79 Å². The molecule has 0 saturated heterocycles. The van der Waals surface area contributed by atoms with Crippen molar-refractivity contribution in [3.05, 3.63) is 35.4 Å². The molecule has 1 aromatic carbocycles. The second kappa shape index (κ2) is 7.22. The van der Waals surface area contributed by atoms with Crippen molar-refractivity contribution in [2.24, 2.45) is 4.99 Å². The van der Waals surface area contributed by atoms with Crippen LogP contribution < -0.4 is 0 Å². The van der Waals surface area contributed by atoms with Crippen molar-refractivity contribution in [2.75, 3.05) is 6.61 Å². The molecular weight excluding hydrogens is 250 g/mol. The highest BCUT2D eigenvalue weighted by atomic mass is 16.5. The molecule has 0 radical (unpaired) electrons. The van der Waals surface area contributed by atoms with E-state index < -0.39 is 0 Å². The first-order valence-electron chi connectivity index (χ1n) is 7.49. The minimum Gasteiger partial charge on any atom is -0.464 e. The molecule has 0 fully saturated rings. The van der Waals surface area contributed by atoms with Gasteiger partial charge in [-0.1, -0.05) is 49.6 Å². The first-order valence-corrected chi connectivity index (χ1v) is 7.49. The monoisotopic (exact) mass is 273 g/mol. The molecule has 0 aliphatic carbocycles. The predicted molar refractivity (Wildman–Crippen MR) is 81.2 cm³/mol. The topological polar surface area (TPSA) is 38.7 Å². The second-order valence-electron chi connectivity index (χ2n) is 5.38. The average molecular weight is 273 g/mol. The molecule has 108 valence electrons. The molecule has 0 aromatic heterocycles. The average Bonchev–Trinajstić information content (AvgIpc) is 3.22. The van der Waals surface area contributed by atoms with Gasteiger partial charge in [0.2, 0.25) is 0 Å². The van der Waals surface area contributed by atoms with E-state index in [1.807, 2.05) is 0 Å². The Morgan fingerprint density at radius 1 is 1.20 bits per heavy atom. The van der Waals surface area contributed by atoms with Crippen LogP contribution in [0, 0.1) is 6.92 Å². The number of hydrogen-bond acceptors (Lipinski definition) is 3. The Hall–Kier alpha value is -1.64. The van der Waals surface area contributed by atoms with E-state index in [2.05, 4.69) is 43.1 Å². The van der Waals surface area contributed by atoms with E-state index in [1.54, 1.807) is 0 Å². The van der Waals surface area contributed by atoms with Crippen LogP contribution >= 0.6 is 0 Å². The number of aryl methyl sites for hydroxylation is 2. The number of rotatable bonds is 8. The Morgan fingerprint density at radius 2 is 1.95 bits per heavy atom.